The zero-order valence-electron chi connectivity index (χ0n) is 19.0. The van der Waals surface area contributed by atoms with Gasteiger partial charge in [0.1, 0.15) is 0 Å². The van der Waals surface area contributed by atoms with E-state index in [1.54, 1.807) is 12.2 Å². The van der Waals surface area contributed by atoms with Crippen molar-refractivity contribution in [3.63, 3.8) is 0 Å². The number of rotatable bonds is 17. The Morgan fingerprint density at radius 3 is 1.77 bits per heavy atom. The van der Waals surface area contributed by atoms with Crippen molar-refractivity contribution < 1.29 is 19.8 Å². The third-order valence-electron chi connectivity index (χ3n) is 4.40. The van der Waals surface area contributed by atoms with E-state index in [4.69, 9.17) is 5.11 Å². The number of carboxylic acids is 1. The molecule has 1 amide bonds. The Balaban J connectivity index is 3.92. The zero-order chi connectivity index (χ0) is 23.2. The Morgan fingerprint density at radius 2 is 1.26 bits per heavy atom. The molecule has 0 aromatic rings. The summed E-state index contributed by atoms with van der Waals surface area (Å²) in [6.07, 6.45) is 31.2. The maximum Gasteiger partial charge on any atom is 0.328 e. The highest BCUT2D eigenvalue weighted by Gasteiger charge is 2.23. The van der Waals surface area contributed by atoms with Gasteiger partial charge < -0.3 is 15.5 Å². The molecule has 0 aliphatic rings. The number of unbranched alkanes of at least 4 members (excludes halogenated alkanes) is 7. The highest BCUT2D eigenvalue weighted by Crippen LogP contribution is 2.08. The van der Waals surface area contributed by atoms with Crippen LogP contribution in [-0.4, -0.2) is 34.2 Å². The highest BCUT2D eigenvalue weighted by atomic mass is 16.4. The maximum atomic E-state index is 11.6. The van der Waals surface area contributed by atoms with E-state index in [1.807, 2.05) is 36.5 Å². The molecule has 0 unspecified atom stereocenters. The minimum absolute atomic E-state index is 0.577. The third-order valence-corrected chi connectivity index (χ3v) is 4.40. The Labute approximate surface area is 187 Å². The summed E-state index contributed by atoms with van der Waals surface area (Å²) < 4.78 is 0. The molecule has 0 saturated heterocycles. The van der Waals surface area contributed by atoms with Crippen molar-refractivity contribution in [2.45, 2.75) is 77.4 Å². The average molecular weight is 430 g/mol. The quantitative estimate of drug-likeness (QED) is 0.164. The van der Waals surface area contributed by atoms with Gasteiger partial charge in [-0.15, -0.1) is 0 Å². The first-order chi connectivity index (χ1) is 15.0. The van der Waals surface area contributed by atoms with E-state index >= 15 is 0 Å². The molecule has 0 radical (unpaired) electrons. The molecule has 5 heteroatoms. The zero-order valence-corrected chi connectivity index (χ0v) is 19.0. The van der Waals surface area contributed by atoms with Crippen LogP contribution in [0.3, 0.4) is 0 Å². The van der Waals surface area contributed by atoms with Crippen molar-refractivity contribution in [1.29, 1.82) is 0 Å². The second kappa shape index (κ2) is 20.6. The average Bonchev–Trinajstić information content (AvgIpc) is 2.73. The van der Waals surface area contributed by atoms with Gasteiger partial charge in [0, 0.05) is 6.08 Å². The predicted octanol–water partition coefficient (Wildman–Crippen LogP) is 5.41. The molecule has 0 bridgehead atoms. The van der Waals surface area contributed by atoms with Crippen LogP contribution in [0.5, 0.6) is 0 Å². The van der Waals surface area contributed by atoms with Crippen LogP contribution in [0.15, 0.2) is 72.9 Å². The minimum atomic E-state index is -1.32. The van der Waals surface area contributed by atoms with Gasteiger partial charge in [-0.3, -0.25) is 4.79 Å². The molecular weight excluding hydrogens is 390 g/mol. The molecule has 3 N–H and O–H groups in total. The van der Waals surface area contributed by atoms with Crippen LogP contribution < -0.4 is 5.32 Å². The van der Waals surface area contributed by atoms with Crippen LogP contribution in [0.4, 0.5) is 0 Å². The molecular formula is C26H39NO4. The van der Waals surface area contributed by atoms with E-state index in [2.05, 4.69) is 24.4 Å². The van der Waals surface area contributed by atoms with Crippen molar-refractivity contribution in [3.8, 4) is 0 Å². The SMILES string of the molecule is CCCCCCCCCC=CC=CC=CC=CC=CC=CC(=O)N[C@H](C(=O)O)[C@@H](C)O. The molecule has 172 valence electrons. The molecule has 0 fully saturated rings. The Bertz CT molecular complexity index is 654. The summed E-state index contributed by atoms with van der Waals surface area (Å²) in [5.74, 6) is -1.85. The van der Waals surface area contributed by atoms with E-state index in [0.29, 0.717) is 0 Å². The molecule has 2 atom stereocenters. The lowest BCUT2D eigenvalue weighted by atomic mass is 10.1. The fraction of sp³-hybridized carbons (Fsp3) is 0.462. The van der Waals surface area contributed by atoms with Crippen molar-refractivity contribution >= 4 is 11.9 Å². The molecule has 0 aromatic carbocycles. The van der Waals surface area contributed by atoms with Crippen molar-refractivity contribution in [2.24, 2.45) is 0 Å². The summed E-state index contributed by atoms with van der Waals surface area (Å²) in [7, 11) is 0. The van der Waals surface area contributed by atoms with Crippen molar-refractivity contribution in [3.05, 3.63) is 72.9 Å². The van der Waals surface area contributed by atoms with Crippen LogP contribution in [0, 0.1) is 0 Å². The predicted molar refractivity (Wildman–Crippen MR) is 129 cm³/mol. The molecule has 0 spiro atoms. The van der Waals surface area contributed by atoms with Gasteiger partial charge in [0.15, 0.2) is 6.04 Å². The number of allylic oxidation sites excluding steroid dienone is 11. The normalized spacial score (nSPS) is 14.7. The molecule has 5 nitrogen and oxygen atoms in total. The monoisotopic (exact) mass is 429 g/mol. The Kier molecular flexibility index (Phi) is 18.8. The summed E-state index contributed by atoms with van der Waals surface area (Å²) in [5.41, 5.74) is 0. The number of carbonyl (C=O) groups excluding carboxylic acids is 1. The van der Waals surface area contributed by atoms with Gasteiger partial charge in [0.2, 0.25) is 5.91 Å². The topological polar surface area (TPSA) is 86.6 Å². The highest BCUT2D eigenvalue weighted by molar-refractivity contribution is 5.91. The molecule has 31 heavy (non-hydrogen) atoms. The van der Waals surface area contributed by atoms with Crippen LogP contribution in [-0.2, 0) is 9.59 Å². The summed E-state index contributed by atoms with van der Waals surface area (Å²) in [6, 6.07) is -1.32. The fourth-order valence-electron chi connectivity index (χ4n) is 2.64. The number of aliphatic hydroxyl groups excluding tert-OH is 1. The van der Waals surface area contributed by atoms with Gasteiger partial charge in [-0.2, -0.15) is 0 Å². The van der Waals surface area contributed by atoms with E-state index in [9.17, 15) is 14.7 Å². The van der Waals surface area contributed by atoms with E-state index in [0.717, 1.165) is 6.42 Å². The largest absolute Gasteiger partial charge is 0.480 e. The lowest BCUT2D eigenvalue weighted by molar-refractivity contribution is -0.144. The molecule has 0 rings (SSSR count). The molecule has 0 aliphatic carbocycles. The number of hydrogen-bond donors (Lipinski definition) is 3. The Morgan fingerprint density at radius 1 is 0.774 bits per heavy atom. The molecule has 0 saturated carbocycles. The number of carboxylic acid groups (broad SMARTS) is 1. The van der Waals surface area contributed by atoms with Gasteiger partial charge >= 0.3 is 5.97 Å². The number of nitrogens with one attached hydrogen (secondary N) is 1. The second-order valence-electron chi connectivity index (χ2n) is 7.30. The number of aliphatic hydroxyl groups is 1. The van der Waals surface area contributed by atoms with Gasteiger partial charge in [-0.05, 0) is 19.8 Å². The molecule has 0 heterocycles. The van der Waals surface area contributed by atoms with E-state index < -0.39 is 24.0 Å². The first-order valence-corrected chi connectivity index (χ1v) is 11.2. The lowest BCUT2D eigenvalue weighted by Crippen LogP contribution is -2.47. The van der Waals surface area contributed by atoms with Crippen molar-refractivity contribution in [2.75, 3.05) is 0 Å². The summed E-state index contributed by atoms with van der Waals surface area (Å²) in [5, 5.41) is 20.4. The number of aliphatic carboxylic acids is 1. The van der Waals surface area contributed by atoms with Gasteiger partial charge in [0.25, 0.3) is 0 Å². The number of carbonyl (C=O) groups is 2. The first-order valence-electron chi connectivity index (χ1n) is 11.2. The van der Waals surface area contributed by atoms with E-state index in [-0.39, 0.29) is 0 Å². The fourth-order valence-corrected chi connectivity index (χ4v) is 2.64. The minimum Gasteiger partial charge on any atom is -0.480 e. The molecule has 0 aliphatic heterocycles. The van der Waals surface area contributed by atoms with Crippen molar-refractivity contribution in [1.82, 2.24) is 5.32 Å². The summed E-state index contributed by atoms with van der Waals surface area (Å²) in [4.78, 5) is 22.5. The standard InChI is InChI=1S/C26H39NO4/c1-3-4-5-6-7-8-9-10-11-12-13-14-15-16-17-18-19-20-21-22-24(29)27-25(23(2)28)26(30)31/h11-23,25,28H,3-10H2,1-2H3,(H,27,29)(H,30,31)/t23-,25+/m1/s1. The third kappa shape index (κ3) is 19.1. The second-order valence-corrected chi connectivity index (χ2v) is 7.30. The smallest absolute Gasteiger partial charge is 0.328 e. The van der Waals surface area contributed by atoms with E-state index in [1.165, 1.54) is 64.0 Å². The summed E-state index contributed by atoms with van der Waals surface area (Å²) in [6.45, 7) is 3.55. The number of amides is 1. The lowest BCUT2D eigenvalue weighted by Gasteiger charge is -2.15. The Hall–Kier alpha value is -2.66. The van der Waals surface area contributed by atoms with Crippen LogP contribution in [0.2, 0.25) is 0 Å². The van der Waals surface area contributed by atoms with Crippen LogP contribution >= 0.6 is 0 Å². The van der Waals surface area contributed by atoms with Gasteiger partial charge in [0.05, 0.1) is 6.10 Å². The van der Waals surface area contributed by atoms with Gasteiger partial charge in [-0.25, -0.2) is 4.79 Å². The number of hydrogen-bond acceptors (Lipinski definition) is 3. The first kappa shape index (κ1) is 28.3. The van der Waals surface area contributed by atoms with Gasteiger partial charge in [-0.1, -0.05) is 112 Å². The van der Waals surface area contributed by atoms with Crippen LogP contribution in [0.25, 0.3) is 0 Å². The maximum absolute atomic E-state index is 11.6. The summed E-state index contributed by atoms with van der Waals surface area (Å²) >= 11 is 0. The van der Waals surface area contributed by atoms with Crippen LogP contribution in [0.1, 0.15) is 65.2 Å². The molecule has 0 aromatic heterocycles.